The van der Waals surface area contributed by atoms with Crippen LogP contribution in [0.4, 0.5) is 5.82 Å². The highest BCUT2D eigenvalue weighted by Gasteiger charge is 2.26. The Labute approximate surface area is 141 Å². The Bertz CT molecular complexity index is 928. The second-order valence-electron chi connectivity index (χ2n) is 5.33. The lowest BCUT2D eigenvalue weighted by Gasteiger charge is -2.19. The van der Waals surface area contributed by atoms with Gasteiger partial charge in [-0.05, 0) is 17.1 Å². The van der Waals surface area contributed by atoms with Gasteiger partial charge in [0.1, 0.15) is 24.3 Å². The first kappa shape index (κ1) is 16.4. The molecule has 1 aromatic carbocycles. The molecular formula is C16H13N3O6. The molecule has 0 saturated heterocycles. The minimum Gasteiger partial charge on any atom is -0.488 e. The Kier molecular flexibility index (Phi) is 4.05. The van der Waals surface area contributed by atoms with Crippen LogP contribution in [0.15, 0.2) is 30.0 Å². The maximum absolute atomic E-state index is 12.6. The molecule has 0 spiro atoms. The highest BCUT2D eigenvalue weighted by Crippen LogP contribution is 2.31. The van der Waals surface area contributed by atoms with E-state index in [9.17, 15) is 19.7 Å². The third kappa shape index (κ3) is 3.11. The van der Waals surface area contributed by atoms with Gasteiger partial charge >= 0.3 is 11.8 Å². The first-order valence-corrected chi connectivity index (χ1v) is 7.23. The van der Waals surface area contributed by atoms with Crippen LogP contribution >= 0.6 is 0 Å². The van der Waals surface area contributed by atoms with E-state index in [-0.39, 0.29) is 29.8 Å². The monoisotopic (exact) mass is 343 g/mol. The minimum absolute atomic E-state index is 0.0178. The molecule has 0 saturated carbocycles. The zero-order valence-corrected chi connectivity index (χ0v) is 13.4. The number of carbonyl (C=O) groups excluding carboxylic acids is 2. The molecule has 0 aliphatic carbocycles. The van der Waals surface area contributed by atoms with Crippen molar-refractivity contribution in [3.05, 3.63) is 51.5 Å². The van der Waals surface area contributed by atoms with E-state index < -0.39 is 10.9 Å². The molecule has 0 N–H and O–H groups in total. The fourth-order valence-corrected chi connectivity index (χ4v) is 2.41. The third-order valence-corrected chi connectivity index (χ3v) is 3.62. The average Bonchev–Trinajstić information content (AvgIpc) is 2.90. The number of ether oxygens (including phenoxy) is 2. The van der Waals surface area contributed by atoms with E-state index >= 15 is 0 Å². The van der Waals surface area contributed by atoms with Crippen LogP contribution in [0.2, 0.25) is 0 Å². The van der Waals surface area contributed by atoms with Gasteiger partial charge in [0, 0.05) is 24.6 Å². The molecule has 0 radical (unpaired) electrons. The fraction of sp³-hybridized carbons (Fsp3) is 0.188. The van der Waals surface area contributed by atoms with Crippen LogP contribution in [0, 0.1) is 10.1 Å². The summed E-state index contributed by atoms with van der Waals surface area (Å²) in [5.41, 5.74) is 0.633. The number of fused-ring (bicyclic) bond motifs is 1. The Morgan fingerprint density at radius 1 is 1.48 bits per heavy atom. The Hall–Kier alpha value is -3.49. The van der Waals surface area contributed by atoms with Gasteiger partial charge in [0.05, 0.1) is 12.6 Å². The summed E-state index contributed by atoms with van der Waals surface area (Å²) >= 11 is 0. The number of hydrogen-bond acceptors (Lipinski definition) is 7. The Morgan fingerprint density at radius 2 is 2.24 bits per heavy atom. The van der Waals surface area contributed by atoms with Gasteiger partial charge in [-0.1, -0.05) is 0 Å². The maximum atomic E-state index is 12.6. The van der Waals surface area contributed by atoms with Crippen LogP contribution < -0.4 is 9.47 Å². The van der Waals surface area contributed by atoms with Crippen LogP contribution in [0.5, 0.6) is 11.5 Å². The Balaban J connectivity index is 1.91. The zero-order chi connectivity index (χ0) is 18.1. The molecule has 0 fully saturated rings. The van der Waals surface area contributed by atoms with Gasteiger partial charge in [-0.3, -0.25) is 9.59 Å². The van der Waals surface area contributed by atoms with Crippen molar-refractivity contribution in [3.8, 4) is 11.5 Å². The predicted molar refractivity (Wildman–Crippen MR) is 85.4 cm³/mol. The van der Waals surface area contributed by atoms with Crippen LogP contribution in [0.25, 0.3) is 6.08 Å². The van der Waals surface area contributed by atoms with E-state index in [2.05, 4.69) is 4.98 Å². The van der Waals surface area contributed by atoms with Crippen LogP contribution in [-0.4, -0.2) is 32.8 Å². The molecule has 25 heavy (non-hydrogen) atoms. The van der Waals surface area contributed by atoms with Crippen molar-refractivity contribution in [2.24, 2.45) is 7.05 Å². The van der Waals surface area contributed by atoms with E-state index in [4.69, 9.17) is 9.47 Å². The van der Waals surface area contributed by atoms with Crippen molar-refractivity contribution in [1.82, 2.24) is 9.55 Å². The van der Waals surface area contributed by atoms with Crippen molar-refractivity contribution in [2.45, 2.75) is 6.92 Å². The van der Waals surface area contributed by atoms with Gasteiger partial charge in [0.25, 0.3) is 0 Å². The summed E-state index contributed by atoms with van der Waals surface area (Å²) < 4.78 is 11.8. The van der Waals surface area contributed by atoms with Gasteiger partial charge in [0.2, 0.25) is 5.82 Å². The highest BCUT2D eigenvalue weighted by atomic mass is 16.6. The van der Waals surface area contributed by atoms with Crippen molar-refractivity contribution >= 4 is 23.6 Å². The summed E-state index contributed by atoms with van der Waals surface area (Å²) in [7, 11) is 1.49. The SMILES string of the molecule is CC(=O)Oc1ccc2c(c1)OCC(=Cc1ncc([N+](=O)[O-])n1C)C2=O. The van der Waals surface area contributed by atoms with Crippen LogP contribution in [0.3, 0.4) is 0 Å². The summed E-state index contributed by atoms with van der Waals surface area (Å²) in [6.45, 7) is 1.26. The lowest BCUT2D eigenvalue weighted by atomic mass is 10.00. The van der Waals surface area contributed by atoms with Crippen molar-refractivity contribution in [1.29, 1.82) is 0 Å². The third-order valence-electron chi connectivity index (χ3n) is 3.62. The van der Waals surface area contributed by atoms with Crippen molar-refractivity contribution in [2.75, 3.05) is 6.61 Å². The number of esters is 1. The fourth-order valence-electron chi connectivity index (χ4n) is 2.41. The molecule has 2 aromatic rings. The molecule has 0 amide bonds. The lowest BCUT2D eigenvalue weighted by Crippen LogP contribution is -2.19. The largest absolute Gasteiger partial charge is 0.488 e. The summed E-state index contributed by atoms with van der Waals surface area (Å²) in [6, 6.07) is 4.47. The molecule has 0 bridgehead atoms. The molecule has 9 nitrogen and oxygen atoms in total. The van der Waals surface area contributed by atoms with Gasteiger partial charge in [-0.15, -0.1) is 0 Å². The first-order chi connectivity index (χ1) is 11.9. The number of Topliss-reactive ketones (excluding diaryl/α,β-unsaturated/α-hetero) is 1. The molecule has 2 heterocycles. The van der Waals surface area contributed by atoms with Gasteiger partial charge < -0.3 is 19.6 Å². The number of ketones is 1. The molecule has 0 atom stereocenters. The number of nitro groups is 1. The van der Waals surface area contributed by atoms with Gasteiger partial charge in [-0.25, -0.2) is 9.55 Å². The van der Waals surface area contributed by atoms with E-state index in [1.165, 1.54) is 42.8 Å². The molecule has 1 aliphatic heterocycles. The Morgan fingerprint density at radius 3 is 2.88 bits per heavy atom. The summed E-state index contributed by atoms with van der Waals surface area (Å²) in [6.07, 6.45) is 2.58. The number of hydrogen-bond donors (Lipinski definition) is 0. The summed E-state index contributed by atoms with van der Waals surface area (Å²) in [4.78, 5) is 37.8. The number of rotatable bonds is 3. The molecule has 1 aromatic heterocycles. The van der Waals surface area contributed by atoms with E-state index in [0.29, 0.717) is 16.9 Å². The summed E-state index contributed by atoms with van der Waals surface area (Å²) in [5.74, 6) is -0.0562. The number of carbonyl (C=O) groups is 2. The topological polar surface area (TPSA) is 114 Å². The highest BCUT2D eigenvalue weighted by molar-refractivity contribution is 6.14. The standard InChI is InChI=1S/C16H13N3O6/c1-9(20)25-11-3-4-12-13(6-11)24-8-10(16(12)21)5-14-17-7-15(18(14)2)19(22)23/h3-7H,8H2,1-2H3. The van der Waals surface area contributed by atoms with E-state index in [1.807, 2.05) is 0 Å². The van der Waals surface area contributed by atoms with Crippen LogP contribution in [-0.2, 0) is 11.8 Å². The van der Waals surface area contributed by atoms with Crippen molar-refractivity contribution in [3.63, 3.8) is 0 Å². The van der Waals surface area contributed by atoms with Gasteiger partial charge in [0.15, 0.2) is 5.78 Å². The van der Waals surface area contributed by atoms with E-state index in [0.717, 1.165) is 6.20 Å². The lowest BCUT2D eigenvalue weighted by molar-refractivity contribution is -0.391. The maximum Gasteiger partial charge on any atom is 0.342 e. The molecule has 128 valence electrons. The molecule has 9 heteroatoms. The smallest absolute Gasteiger partial charge is 0.342 e. The van der Waals surface area contributed by atoms with Crippen molar-refractivity contribution < 1.29 is 24.0 Å². The number of imidazole rings is 1. The molecule has 3 rings (SSSR count). The normalized spacial score (nSPS) is 14.8. The molecule has 1 aliphatic rings. The number of nitrogens with zero attached hydrogens (tertiary/aromatic N) is 3. The minimum atomic E-state index is -0.556. The molecule has 0 unspecified atom stereocenters. The molecular weight excluding hydrogens is 330 g/mol. The quantitative estimate of drug-likeness (QED) is 0.275. The van der Waals surface area contributed by atoms with Crippen LogP contribution in [0.1, 0.15) is 23.1 Å². The van der Waals surface area contributed by atoms with Gasteiger partial charge in [-0.2, -0.15) is 0 Å². The predicted octanol–water partition coefficient (Wildman–Crippen LogP) is 1.91. The summed E-state index contributed by atoms with van der Waals surface area (Å²) in [5, 5.41) is 10.9. The second kappa shape index (κ2) is 6.19. The first-order valence-electron chi connectivity index (χ1n) is 7.23. The number of benzene rings is 1. The van der Waals surface area contributed by atoms with E-state index in [1.54, 1.807) is 0 Å². The average molecular weight is 343 g/mol. The zero-order valence-electron chi connectivity index (χ0n) is 13.4. The second-order valence-corrected chi connectivity index (χ2v) is 5.33. The number of aromatic nitrogens is 2.